The van der Waals surface area contributed by atoms with Crippen molar-refractivity contribution in [3.8, 4) is 0 Å². The first-order valence-electron chi connectivity index (χ1n) is 3.52. The number of aryl methyl sites for hydroxylation is 1. The molecule has 0 N–H and O–H groups in total. The van der Waals surface area contributed by atoms with E-state index in [-0.39, 0.29) is 5.69 Å². The highest BCUT2D eigenvalue weighted by Gasteiger charge is 2.05. The van der Waals surface area contributed by atoms with Gasteiger partial charge in [-0.1, -0.05) is 18.7 Å². The van der Waals surface area contributed by atoms with Crippen molar-refractivity contribution in [2.45, 2.75) is 6.92 Å². The zero-order valence-electron chi connectivity index (χ0n) is 6.78. The summed E-state index contributed by atoms with van der Waals surface area (Å²) in [4.78, 5) is 9.99. The van der Waals surface area contributed by atoms with Crippen molar-refractivity contribution in [3.05, 3.63) is 46.0 Å². The predicted octanol–water partition coefficient (Wildman–Crippen LogP) is 2.55. The van der Waals surface area contributed by atoms with Crippen LogP contribution in [0.5, 0.6) is 0 Å². The van der Waals surface area contributed by atoms with Crippen molar-refractivity contribution < 1.29 is 4.92 Å². The van der Waals surface area contributed by atoms with E-state index in [9.17, 15) is 10.1 Å². The smallest absolute Gasteiger partial charge is 0.258 e. The number of hydrogen-bond acceptors (Lipinski definition) is 2. The van der Waals surface area contributed by atoms with Crippen LogP contribution in [0.25, 0.3) is 6.08 Å². The molecule has 1 aromatic rings. The summed E-state index contributed by atoms with van der Waals surface area (Å²) in [6.07, 6.45) is 1.60. The molecule has 0 amide bonds. The van der Waals surface area contributed by atoms with Gasteiger partial charge in [-0.25, -0.2) is 0 Å². The summed E-state index contributed by atoms with van der Waals surface area (Å²) in [6.45, 7) is 5.37. The first-order valence-corrected chi connectivity index (χ1v) is 3.52. The zero-order valence-corrected chi connectivity index (χ0v) is 6.78. The highest BCUT2D eigenvalue weighted by Crippen LogP contribution is 2.16. The van der Waals surface area contributed by atoms with Crippen LogP contribution in [0.1, 0.15) is 11.1 Å². The second-order valence-corrected chi connectivity index (χ2v) is 2.56. The van der Waals surface area contributed by atoms with Crippen molar-refractivity contribution >= 4 is 11.8 Å². The summed E-state index contributed by atoms with van der Waals surface area (Å²) < 4.78 is 0. The molecule has 62 valence electrons. The highest BCUT2D eigenvalue weighted by atomic mass is 16.6. The van der Waals surface area contributed by atoms with E-state index >= 15 is 0 Å². The summed E-state index contributed by atoms with van der Waals surface area (Å²) in [5.74, 6) is 0. The minimum absolute atomic E-state index is 0.116. The van der Waals surface area contributed by atoms with E-state index in [0.29, 0.717) is 0 Å². The van der Waals surface area contributed by atoms with Crippen LogP contribution in [0.2, 0.25) is 0 Å². The maximum atomic E-state index is 10.4. The number of hydrogen-bond donors (Lipinski definition) is 0. The summed E-state index contributed by atoms with van der Waals surface area (Å²) in [5.41, 5.74) is 1.77. The minimum Gasteiger partial charge on any atom is -0.258 e. The average Bonchev–Trinajstić information content (AvgIpc) is 2.03. The van der Waals surface area contributed by atoms with Gasteiger partial charge >= 0.3 is 0 Å². The normalized spacial score (nSPS) is 9.42. The van der Waals surface area contributed by atoms with E-state index in [1.165, 1.54) is 12.1 Å². The molecule has 0 radical (unpaired) electrons. The molecule has 0 atom stereocenters. The van der Waals surface area contributed by atoms with E-state index < -0.39 is 4.92 Å². The molecule has 0 heterocycles. The molecule has 0 saturated heterocycles. The van der Waals surface area contributed by atoms with Gasteiger partial charge in [-0.2, -0.15) is 0 Å². The van der Waals surface area contributed by atoms with Crippen LogP contribution in [0.3, 0.4) is 0 Å². The lowest BCUT2D eigenvalue weighted by atomic mass is 10.1. The Bertz CT molecular complexity index is 331. The van der Waals surface area contributed by atoms with E-state index in [1.807, 2.05) is 13.0 Å². The molecule has 0 bridgehead atoms. The average molecular weight is 163 g/mol. The molecule has 12 heavy (non-hydrogen) atoms. The molecule has 0 aliphatic carbocycles. The van der Waals surface area contributed by atoms with Crippen molar-refractivity contribution in [1.82, 2.24) is 0 Å². The molecule has 0 aliphatic heterocycles. The number of benzene rings is 1. The summed E-state index contributed by atoms with van der Waals surface area (Å²) in [6, 6.07) is 4.88. The standard InChI is InChI=1S/C9H9NO2/c1-3-8-4-7(2)5-9(6-8)10(11)12/h3-6H,1H2,2H3. The monoisotopic (exact) mass is 163 g/mol. The van der Waals surface area contributed by atoms with Gasteiger partial charge in [0, 0.05) is 12.1 Å². The third kappa shape index (κ3) is 1.69. The molecule has 0 spiro atoms. The van der Waals surface area contributed by atoms with Gasteiger partial charge in [0.15, 0.2) is 0 Å². The Morgan fingerprint density at radius 1 is 1.50 bits per heavy atom. The first-order chi connectivity index (χ1) is 5.63. The number of nitro benzene ring substituents is 1. The predicted molar refractivity (Wildman–Crippen MR) is 47.9 cm³/mol. The lowest BCUT2D eigenvalue weighted by molar-refractivity contribution is -0.384. The Morgan fingerprint density at radius 2 is 2.17 bits per heavy atom. The second kappa shape index (κ2) is 3.17. The highest BCUT2D eigenvalue weighted by molar-refractivity contribution is 5.53. The van der Waals surface area contributed by atoms with Crippen LogP contribution in [0.4, 0.5) is 5.69 Å². The molecule has 1 rings (SSSR count). The molecule has 3 heteroatoms. The van der Waals surface area contributed by atoms with Crippen LogP contribution in [0, 0.1) is 17.0 Å². The van der Waals surface area contributed by atoms with Crippen LogP contribution in [-0.2, 0) is 0 Å². The largest absolute Gasteiger partial charge is 0.270 e. The zero-order chi connectivity index (χ0) is 9.14. The van der Waals surface area contributed by atoms with Crippen LogP contribution >= 0.6 is 0 Å². The quantitative estimate of drug-likeness (QED) is 0.496. The summed E-state index contributed by atoms with van der Waals surface area (Å²) >= 11 is 0. The van der Waals surface area contributed by atoms with Gasteiger partial charge in [0.2, 0.25) is 0 Å². The number of non-ortho nitro benzene ring substituents is 1. The van der Waals surface area contributed by atoms with Crippen molar-refractivity contribution in [2.24, 2.45) is 0 Å². The molecule has 3 nitrogen and oxygen atoms in total. The van der Waals surface area contributed by atoms with Crippen molar-refractivity contribution in [3.63, 3.8) is 0 Å². The fourth-order valence-electron chi connectivity index (χ4n) is 1.02. The first kappa shape index (κ1) is 8.46. The molecule has 0 fully saturated rings. The second-order valence-electron chi connectivity index (χ2n) is 2.56. The number of rotatable bonds is 2. The summed E-state index contributed by atoms with van der Waals surface area (Å²) in [7, 11) is 0. The molecule has 0 unspecified atom stereocenters. The van der Waals surface area contributed by atoms with Gasteiger partial charge in [-0.05, 0) is 18.1 Å². The SMILES string of the molecule is C=Cc1cc(C)cc([N+](=O)[O-])c1. The Hall–Kier alpha value is -1.64. The fraction of sp³-hybridized carbons (Fsp3) is 0.111. The molecule has 1 aromatic carbocycles. The lowest BCUT2D eigenvalue weighted by Gasteiger charge is -1.96. The third-order valence-corrected chi connectivity index (χ3v) is 1.53. The van der Waals surface area contributed by atoms with Crippen LogP contribution in [-0.4, -0.2) is 4.92 Å². The minimum atomic E-state index is -0.403. The Labute approximate surface area is 70.5 Å². The molecule has 0 aromatic heterocycles. The topological polar surface area (TPSA) is 43.1 Å². The van der Waals surface area contributed by atoms with Crippen LogP contribution < -0.4 is 0 Å². The van der Waals surface area contributed by atoms with Gasteiger partial charge in [0.1, 0.15) is 0 Å². The van der Waals surface area contributed by atoms with Gasteiger partial charge in [0.25, 0.3) is 5.69 Å². The molecule has 0 saturated carbocycles. The van der Waals surface area contributed by atoms with Gasteiger partial charge in [-0.3, -0.25) is 10.1 Å². The Morgan fingerprint density at radius 3 is 2.67 bits per heavy atom. The maximum absolute atomic E-state index is 10.4. The van der Waals surface area contributed by atoms with Crippen LogP contribution in [0.15, 0.2) is 24.8 Å². The fourth-order valence-corrected chi connectivity index (χ4v) is 1.02. The van der Waals surface area contributed by atoms with E-state index in [1.54, 1.807) is 6.08 Å². The van der Waals surface area contributed by atoms with Gasteiger partial charge in [-0.15, -0.1) is 0 Å². The van der Waals surface area contributed by atoms with E-state index in [2.05, 4.69) is 6.58 Å². The third-order valence-electron chi connectivity index (χ3n) is 1.53. The van der Waals surface area contributed by atoms with Gasteiger partial charge in [0.05, 0.1) is 4.92 Å². The molecular weight excluding hydrogens is 154 g/mol. The number of nitro groups is 1. The Kier molecular flexibility index (Phi) is 2.24. The van der Waals surface area contributed by atoms with E-state index in [4.69, 9.17) is 0 Å². The number of nitrogens with zero attached hydrogens (tertiary/aromatic N) is 1. The van der Waals surface area contributed by atoms with Crippen molar-refractivity contribution in [2.75, 3.05) is 0 Å². The lowest BCUT2D eigenvalue weighted by Crippen LogP contribution is -1.89. The van der Waals surface area contributed by atoms with E-state index in [0.717, 1.165) is 11.1 Å². The van der Waals surface area contributed by atoms with Gasteiger partial charge < -0.3 is 0 Å². The molecule has 0 aliphatic rings. The Balaban J connectivity index is 3.23. The maximum Gasteiger partial charge on any atom is 0.270 e. The molecular formula is C9H9NO2. The van der Waals surface area contributed by atoms with Crippen molar-refractivity contribution in [1.29, 1.82) is 0 Å². The summed E-state index contributed by atoms with van der Waals surface area (Å²) in [5, 5.41) is 10.4.